The Balaban J connectivity index is 2.26. The zero-order chi connectivity index (χ0) is 13.8. The van der Waals surface area contributed by atoms with Crippen LogP contribution in [-0.2, 0) is 0 Å². The topological polar surface area (TPSA) is 71.1 Å². The quantitative estimate of drug-likeness (QED) is 0.900. The van der Waals surface area contributed by atoms with Crippen molar-refractivity contribution in [2.24, 2.45) is 0 Å². The van der Waals surface area contributed by atoms with Crippen molar-refractivity contribution in [3.8, 4) is 0 Å². The fraction of sp³-hybridized carbons (Fsp3) is 0.154. The van der Waals surface area contributed by atoms with Crippen LogP contribution in [0.5, 0.6) is 0 Å². The number of benzene rings is 1. The first-order valence-corrected chi connectivity index (χ1v) is 6.59. The molecule has 0 unspecified atom stereocenters. The van der Waals surface area contributed by atoms with Crippen LogP contribution in [-0.4, -0.2) is 23.8 Å². The van der Waals surface area contributed by atoms with E-state index in [2.05, 4.69) is 15.6 Å². The summed E-state index contributed by atoms with van der Waals surface area (Å²) < 4.78 is 0. The lowest BCUT2D eigenvalue weighted by atomic mass is 10.1. The zero-order valence-corrected chi connectivity index (χ0v) is 11.4. The smallest absolute Gasteiger partial charge is 0.275 e. The van der Waals surface area contributed by atoms with Crippen LogP contribution < -0.4 is 10.6 Å². The molecule has 5 nitrogen and oxygen atoms in total. The number of amides is 2. The molecule has 2 rings (SSSR count). The van der Waals surface area contributed by atoms with Gasteiger partial charge in [0.15, 0.2) is 0 Å². The highest BCUT2D eigenvalue weighted by Gasteiger charge is 2.13. The number of thiazole rings is 1. The molecule has 0 saturated heterocycles. The van der Waals surface area contributed by atoms with Crippen LogP contribution in [0.15, 0.2) is 29.1 Å². The molecule has 19 heavy (non-hydrogen) atoms. The second-order valence-corrected chi connectivity index (χ2v) is 4.60. The normalized spacial score (nSPS) is 10.0. The van der Waals surface area contributed by atoms with Gasteiger partial charge in [-0.3, -0.25) is 9.59 Å². The van der Waals surface area contributed by atoms with E-state index in [9.17, 15) is 9.59 Å². The van der Waals surface area contributed by atoms with Crippen molar-refractivity contribution in [2.45, 2.75) is 6.92 Å². The lowest BCUT2D eigenvalue weighted by Gasteiger charge is -2.10. The molecule has 1 aromatic carbocycles. The van der Waals surface area contributed by atoms with Gasteiger partial charge in [-0.05, 0) is 24.6 Å². The van der Waals surface area contributed by atoms with E-state index in [1.807, 2.05) is 0 Å². The summed E-state index contributed by atoms with van der Waals surface area (Å²) in [6.45, 7) is 1.79. The number of hydrogen-bond donors (Lipinski definition) is 2. The highest BCUT2D eigenvalue weighted by Crippen LogP contribution is 2.19. The lowest BCUT2D eigenvalue weighted by Crippen LogP contribution is -2.20. The van der Waals surface area contributed by atoms with E-state index in [1.165, 1.54) is 11.3 Å². The van der Waals surface area contributed by atoms with Crippen LogP contribution in [0.3, 0.4) is 0 Å². The van der Waals surface area contributed by atoms with Gasteiger partial charge in [-0.1, -0.05) is 6.07 Å². The molecule has 0 atom stereocenters. The van der Waals surface area contributed by atoms with E-state index < -0.39 is 0 Å². The number of carbonyl (C=O) groups is 2. The first-order valence-electron chi connectivity index (χ1n) is 5.64. The minimum absolute atomic E-state index is 0.178. The molecule has 0 fully saturated rings. The molecule has 0 aliphatic carbocycles. The fourth-order valence-electron chi connectivity index (χ4n) is 1.66. The maximum Gasteiger partial charge on any atom is 0.275 e. The second kappa shape index (κ2) is 5.62. The number of nitrogens with zero attached hydrogens (tertiary/aromatic N) is 1. The molecule has 6 heteroatoms. The van der Waals surface area contributed by atoms with Crippen LogP contribution in [0.2, 0.25) is 0 Å². The van der Waals surface area contributed by atoms with Crippen LogP contribution in [0.25, 0.3) is 0 Å². The molecule has 0 radical (unpaired) electrons. The Hall–Kier alpha value is -2.21. The van der Waals surface area contributed by atoms with Gasteiger partial charge in [0.25, 0.3) is 11.8 Å². The van der Waals surface area contributed by atoms with E-state index in [0.717, 1.165) is 5.56 Å². The van der Waals surface area contributed by atoms with E-state index in [0.29, 0.717) is 16.9 Å². The molecule has 0 aliphatic rings. The summed E-state index contributed by atoms with van der Waals surface area (Å²) in [6, 6.07) is 5.20. The Bertz CT molecular complexity index is 608. The standard InChI is InChI=1S/C13H13N3O2S/c1-8-9(12(17)14-2)4-3-5-10(8)16-13(18)11-6-19-7-15-11/h3-7H,1-2H3,(H,14,17)(H,16,18). The zero-order valence-electron chi connectivity index (χ0n) is 10.6. The highest BCUT2D eigenvalue weighted by molar-refractivity contribution is 7.07. The summed E-state index contributed by atoms with van der Waals surface area (Å²) in [5.74, 6) is -0.458. The van der Waals surface area contributed by atoms with Crippen molar-refractivity contribution in [3.63, 3.8) is 0 Å². The van der Waals surface area contributed by atoms with E-state index in [-0.39, 0.29) is 11.8 Å². The Morgan fingerprint density at radius 2 is 2.05 bits per heavy atom. The number of rotatable bonds is 3. The van der Waals surface area contributed by atoms with Gasteiger partial charge in [0.1, 0.15) is 5.69 Å². The third-order valence-electron chi connectivity index (χ3n) is 2.72. The largest absolute Gasteiger partial charge is 0.355 e. The summed E-state index contributed by atoms with van der Waals surface area (Å²) >= 11 is 1.36. The first kappa shape index (κ1) is 13.2. The van der Waals surface area contributed by atoms with Gasteiger partial charge in [0.2, 0.25) is 0 Å². The van der Waals surface area contributed by atoms with Crippen molar-refractivity contribution in [3.05, 3.63) is 45.9 Å². The summed E-state index contributed by atoms with van der Waals surface area (Å²) in [5.41, 5.74) is 3.85. The number of hydrogen-bond acceptors (Lipinski definition) is 4. The fourth-order valence-corrected chi connectivity index (χ4v) is 2.19. The van der Waals surface area contributed by atoms with Crippen LogP contribution in [0.4, 0.5) is 5.69 Å². The summed E-state index contributed by atoms with van der Waals surface area (Å²) in [5, 5.41) is 7.00. The molecule has 1 aromatic heterocycles. The first-order chi connectivity index (χ1) is 9.13. The predicted octanol–water partition coefficient (Wildman–Crippen LogP) is 2.06. The van der Waals surface area contributed by atoms with Crippen molar-refractivity contribution in [2.75, 3.05) is 12.4 Å². The maximum atomic E-state index is 11.9. The Kier molecular flexibility index (Phi) is 3.91. The molecule has 98 valence electrons. The van der Waals surface area contributed by atoms with Crippen LogP contribution in [0.1, 0.15) is 26.4 Å². The van der Waals surface area contributed by atoms with Gasteiger partial charge >= 0.3 is 0 Å². The molecule has 2 aromatic rings. The van der Waals surface area contributed by atoms with Gasteiger partial charge < -0.3 is 10.6 Å². The Morgan fingerprint density at radius 3 is 2.68 bits per heavy atom. The molecule has 0 saturated carbocycles. The Morgan fingerprint density at radius 1 is 1.26 bits per heavy atom. The molecule has 2 N–H and O–H groups in total. The van der Waals surface area contributed by atoms with Crippen molar-refractivity contribution in [1.82, 2.24) is 10.3 Å². The number of carbonyl (C=O) groups excluding carboxylic acids is 2. The van der Waals surface area contributed by atoms with Crippen LogP contribution in [0, 0.1) is 6.92 Å². The number of nitrogens with one attached hydrogen (secondary N) is 2. The van der Waals surface area contributed by atoms with Gasteiger partial charge in [0, 0.05) is 23.7 Å². The number of anilines is 1. The summed E-state index contributed by atoms with van der Waals surface area (Å²) in [6.07, 6.45) is 0. The van der Waals surface area contributed by atoms with Gasteiger partial charge in [0.05, 0.1) is 5.51 Å². The van der Waals surface area contributed by atoms with Gasteiger partial charge in [-0.15, -0.1) is 11.3 Å². The Labute approximate surface area is 114 Å². The second-order valence-electron chi connectivity index (χ2n) is 3.89. The van der Waals surface area contributed by atoms with E-state index in [4.69, 9.17) is 0 Å². The summed E-state index contributed by atoms with van der Waals surface area (Å²) in [7, 11) is 1.57. The highest BCUT2D eigenvalue weighted by atomic mass is 32.1. The lowest BCUT2D eigenvalue weighted by molar-refractivity contribution is 0.0960. The molecule has 0 bridgehead atoms. The molecule has 1 heterocycles. The molecule has 2 amide bonds. The minimum atomic E-state index is -0.279. The van der Waals surface area contributed by atoms with Gasteiger partial charge in [-0.2, -0.15) is 0 Å². The van der Waals surface area contributed by atoms with Crippen molar-refractivity contribution >= 4 is 28.8 Å². The molecule has 0 aliphatic heterocycles. The SMILES string of the molecule is CNC(=O)c1cccc(NC(=O)c2cscn2)c1C. The summed E-state index contributed by atoms with van der Waals surface area (Å²) in [4.78, 5) is 27.5. The van der Waals surface area contributed by atoms with E-state index >= 15 is 0 Å². The molecular weight excluding hydrogens is 262 g/mol. The maximum absolute atomic E-state index is 11.9. The monoisotopic (exact) mass is 275 g/mol. The van der Waals surface area contributed by atoms with E-state index in [1.54, 1.807) is 43.1 Å². The third kappa shape index (κ3) is 2.79. The number of aromatic nitrogens is 1. The van der Waals surface area contributed by atoms with Crippen molar-refractivity contribution in [1.29, 1.82) is 0 Å². The average molecular weight is 275 g/mol. The third-order valence-corrected chi connectivity index (χ3v) is 3.31. The molecule has 0 spiro atoms. The van der Waals surface area contributed by atoms with Gasteiger partial charge in [-0.25, -0.2) is 4.98 Å². The van der Waals surface area contributed by atoms with Crippen LogP contribution >= 0.6 is 11.3 Å². The average Bonchev–Trinajstić information content (AvgIpc) is 2.94. The molecular formula is C13H13N3O2S. The predicted molar refractivity (Wildman–Crippen MR) is 74.6 cm³/mol. The van der Waals surface area contributed by atoms with Crippen molar-refractivity contribution < 1.29 is 9.59 Å². The minimum Gasteiger partial charge on any atom is -0.355 e.